The first-order valence-corrected chi connectivity index (χ1v) is 6.91. The number of carbonyl (C=O) groups excluding carboxylic acids is 2. The molecule has 0 heterocycles. The highest BCUT2D eigenvalue weighted by atomic mass is 16.2. The SMILES string of the molecule is CC(=O)c1cccc(NC(=O)C2(C#N)CCCCC2)c1. The second-order valence-corrected chi connectivity index (χ2v) is 5.35. The van der Waals surface area contributed by atoms with E-state index < -0.39 is 5.41 Å². The molecule has 0 saturated heterocycles. The normalized spacial score (nSPS) is 17.0. The average Bonchev–Trinajstić information content (AvgIpc) is 2.48. The Morgan fingerprint density at radius 2 is 1.95 bits per heavy atom. The second kappa shape index (κ2) is 5.87. The highest BCUT2D eigenvalue weighted by Gasteiger charge is 2.39. The molecular weight excluding hydrogens is 252 g/mol. The predicted molar refractivity (Wildman–Crippen MR) is 76.2 cm³/mol. The fraction of sp³-hybridized carbons (Fsp3) is 0.438. The summed E-state index contributed by atoms with van der Waals surface area (Å²) in [6, 6.07) is 9.01. The summed E-state index contributed by atoms with van der Waals surface area (Å²) < 4.78 is 0. The third-order valence-electron chi connectivity index (χ3n) is 3.88. The summed E-state index contributed by atoms with van der Waals surface area (Å²) in [4.78, 5) is 23.7. The number of anilines is 1. The monoisotopic (exact) mass is 270 g/mol. The quantitative estimate of drug-likeness (QED) is 0.857. The van der Waals surface area contributed by atoms with Crippen LogP contribution in [0.4, 0.5) is 5.69 Å². The molecule has 104 valence electrons. The molecule has 0 radical (unpaired) electrons. The zero-order valence-corrected chi connectivity index (χ0v) is 11.6. The first-order chi connectivity index (χ1) is 9.57. The molecule has 1 aromatic rings. The Labute approximate surface area is 118 Å². The van der Waals surface area contributed by atoms with Gasteiger partial charge in [0.15, 0.2) is 5.78 Å². The molecule has 1 fully saturated rings. The molecule has 2 rings (SSSR count). The van der Waals surface area contributed by atoms with Crippen LogP contribution < -0.4 is 5.32 Å². The lowest BCUT2D eigenvalue weighted by Gasteiger charge is -2.29. The van der Waals surface area contributed by atoms with Gasteiger partial charge in [0.2, 0.25) is 5.91 Å². The first kappa shape index (κ1) is 14.3. The van der Waals surface area contributed by atoms with Crippen molar-refractivity contribution in [2.24, 2.45) is 5.41 Å². The van der Waals surface area contributed by atoms with Crippen LogP contribution in [0.2, 0.25) is 0 Å². The Bertz CT molecular complexity index is 566. The summed E-state index contributed by atoms with van der Waals surface area (Å²) in [5.74, 6) is -0.297. The number of nitrogens with zero attached hydrogens (tertiary/aromatic N) is 1. The van der Waals surface area contributed by atoms with Gasteiger partial charge in [0.1, 0.15) is 5.41 Å². The van der Waals surface area contributed by atoms with E-state index in [0.717, 1.165) is 19.3 Å². The molecular formula is C16H18N2O2. The summed E-state index contributed by atoms with van der Waals surface area (Å²) >= 11 is 0. The van der Waals surface area contributed by atoms with Gasteiger partial charge in [-0.05, 0) is 31.9 Å². The van der Waals surface area contributed by atoms with Crippen LogP contribution in [0.3, 0.4) is 0 Å². The molecule has 1 aromatic carbocycles. The fourth-order valence-corrected chi connectivity index (χ4v) is 2.61. The van der Waals surface area contributed by atoms with Crippen LogP contribution in [-0.4, -0.2) is 11.7 Å². The molecule has 1 N–H and O–H groups in total. The third kappa shape index (κ3) is 2.88. The summed E-state index contributed by atoms with van der Waals surface area (Å²) in [7, 11) is 0. The van der Waals surface area contributed by atoms with Gasteiger partial charge in [-0.2, -0.15) is 5.26 Å². The van der Waals surface area contributed by atoms with Crippen LogP contribution in [0.25, 0.3) is 0 Å². The van der Waals surface area contributed by atoms with Gasteiger partial charge in [-0.1, -0.05) is 31.4 Å². The molecule has 0 unspecified atom stereocenters. The van der Waals surface area contributed by atoms with E-state index >= 15 is 0 Å². The molecule has 1 aliphatic carbocycles. The van der Waals surface area contributed by atoms with Crippen LogP contribution >= 0.6 is 0 Å². The van der Waals surface area contributed by atoms with Crippen LogP contribution in [-0.2, 0) is 4.79 Å². The van der Waals surface area contributed by atoms with E-state index in [1.807, 2.05) is 0 Å². The highest BCUT2D eigenvalue weighted by molar-refractivity contribution is 5.99. The fourth-order valence-electron chi connectivity index (χ4n) is 2.61. The average molecular weight is 270 g/mol. The topological polar surface area (TPSA) is 70.0 Å². The molecule has 4 heteroatoms. The molecule has 1 aliphatic rings. The number of benzene rings is 1. The van der Waals surface area contributed by atoms with Gasteiger partial charge in [0.05, 0.1) is 6.07 Å². The third-order valence-corrected chi connectivity index (χ3v) is 3.88. The van der Waals surface area contributed by atoms with Crippen molar-refractivity contribution in [3.8, 4) is 6.07 Å². The lowest BCUT2D eigenvalue weighted by atomic mass is 9.74. The lowest BCUT2D eigenvalue weighted by molar-refractivity contribution is -0.124. The standard InChI is InChI=1S/C16H18N2O2/c1-12(19)13-6-5-7-14(10-13)18-15(20)16(11-17)8-3-2-4-9-16/h5-7,10H,2-4,8-9H2,1H3,(H,18,20). The summed E-state index contributed by atoms with van der Waals surface area (Å²) in [6.45, 7) is 1.48. The maximum Gasteiger partial charge on any atom is 0.244 e. The van der Waals surface area contributed by atoms with Crippen molar-refractivity contribution in [3.05, 3.63) is 29.8 Å². The predicted octanol–water partition coefficient (Wildman–Crippen LogP) is 3.30. The van der Waals surface area contributed by atoms with E-state index in [1.54, 1.807) is 24.3 Å². The Morgan fingerprint density at radius 1 is 1.25 bits per heavy atom. The smallest absolute Gasteiger partial charge is 0.244 e. The van der Waals surface area contributed by atoms with E-state index in [2.05, 4.69) is 11.4 Å². The zero-order valence-electron chi connectivity index (χ0n) is 11.6. The summed E-state index contributed by atoms with van der Waals surface area (Å²) in [6.07, 6.45) is 4.13. The molecule has 1 saturated carbocycles. The largest absolute Gasteiger partial charge is 0.325 e. The number of hydrogen-bond donors (Lipinski definition) is 1. The number of amides is 1. The van der Waals surface area contributed by atoms with Crippen LogP contribution in [0.5, 0.6) is 0 Å². The van der Waals surface area contributed by atoms with Crippen LogP contribution in [0, 0.1) is 16.7 Å². The van der Waals surface area contributed by atoms with Crippen molar-refractivity contribution in [2.45, 2.75) is 39.0 Å². The maximum atomic E-state index is 12.4. The van der Waals surface area contributed by atoms with Crippen molar-refractivity contribution in [2.75, 3.05) is 5.32 Å². The number of nitrogens with one attached hydrogen (secondary N) is 1. The Kier molecular flexibility index (Phi) is 4.19. The van der Waals surface area contributed by atoms with E-state index in [-0.39, 0.29) is 11.7 Å². The minimum atomic E-state index is -0.912. The van der Waals surface area contributed by atoms with Gasteiger partial charge in [0, 0.05) is 11.3 Å². The molecule has 0 spiro atoms. The zero-order chi connectivity index (χ0) is 14.6. The summed E-state index contributed by atoms with van der Waals surface area (Å²) in [5.41, 5.74) is 0.213. The van der Waals surface area contributed by atoms with Gasteiger partial charge < -0.3 is 5.32 Å². The number of hydrogen-bond acceptors (Lipinski definition) is 3. The minimum Gasteiger partial charge on any atom is -0.325 e. The number of Topliss-reactive ketones (excluding diaryl/α,β-unsaturated/α-hetero) is 1. The number of ketones is 1. The molecule has 0 aromatic heterocycles. The van der Waals surface area contributed by atoms with Gasteiger partial charge in [-0.25, -0.2) is 0 Å². The van der Waals surface area contributed by atoms with E-state index in [4.69, 9.17) is 0 Å². The first-order valence-electron chi connectivity index (χ1n) is 6.91. The van der Waals surface area contributed by atoms with E-state index in [0.29, 0.717) is 24.1 Å². The summed E-state index contributed by atoms with van der Waals surface area (Å²) in [5, 5.41) is 12.2. The van der Waals surface area contributed by atoms with Crippen molar-refractivity contribution >= 4 is 17.4 Å². The molecule has 0 aliphatic heterocycles. The van der Waals surface area contributed by atoms with Crippen molar-refractivity contribution in [1.82, 2.24) is 0 Å². The van der Waals surface area contributed by atoms with Gasteiger partial charge in [-0.3, -0.25) is 9.59 Å². The van der Waals surface area contributed by atoms with Crippen molar-refractivity contribution in [1.29, 1.82) is 5.26 Å². The van der Waals surface area contributed by atoms with E-state index in [9.17, 15) is 14.9 Å². The Hall–Kier alpha value is -2.15. The Morgan fingerprint density at radius 3 is 2.55 bits per heavy atom. The van der Waals surface area contributed by atoms with Crippen LogP contribution in [0.15, 0.2) is 24.3 Å². The molecule has 20 heavy (non-hydrogen) atoms. The maximum absolute atomic E-state index is 12.4. The number of carbonyl (C=O) groups is 2. The number of nitriles is 1. The lowest BCUT2D eigenvalue weighted by Crippen LogP contribution is -2.36. The van der Waals surface area contributed by atoms with Crippen molar-refractivity contribution < 1.29 is 9.59 Å². The van der Waals surface area contributed by atoms with Crippen LogP contribution in [0.1, 0.15) is 49.4 Å². The molecule has 4 nitrogen and oxygen atoms in total. The Balaban J connectivity index is 2.16. The number of rotatable bonds is 3. The second-order valence-electron chi connectivity index (χ2n) is 5.35. The molecule has 0 bridgehead atoms. The van der Waals surface area contributed by atoms with Gasteiger partial charge in [-0.15, -0.1) is 0 Å². The molecule has 1 amide bonds. The van der Waals surface area contributed by atoms with Gasteiger partial charge in [0.25, 0.3) is 0 Å². The highest BCUT2D eigenvalue weighted by Crippen LogP contribution is 2.36. The van der Waals surface area contributed by atoms with Crippen molar-refractivity contribution in [3.63, 3.8) is 0 Å². The van der Waals surface area contributed by atoms with E-state index in [1.165, 1.54) is 6.92 Å². The molecule has 0 atom stereocenters. The van der Waals surface area contributed by atoms with Gasteiger partial charge >= 0.3 is 0 Å². The minimum absolute atomic E-state index is 0.0474.